The van der Waals surface area contributed by atoms with Crippen LogP contribution >= 0.6 is 63.7 Å². The molecule has 3 aromatic heterocycles. The third-order valence-corrected chi connectivity index (χ3v) is 5.42. The highest BCUT2D eigenvalue weighted by molar-refractivity contribution is 9.11. The van der Waals surface area contributed by atoms with Crippen molar-refractivity contribution in [3.63, 3.8) is 0 Å². The summed E-state index contributed by atoms with van der Waals surface area (Å²) in [6.07, 6.45) is 10.5. The molecule has 12 heteroatoms. The van der Waals surface area contributed by atoms with Gasteiger partial charge in [0, 0.05) is 50.3 Å². The molecule has 0 bridgehead atoms. The molecule has 0 aromatic carbocycles. The van der Waals surface area contributed by atoms with Crippen molar-refractivity contribution < 1.29 is 4.74 Å². The van der Waals surface area contributed by atoms with Crippen molar-refractivity contribution in [3.8, 4) is 0 Å². The maximum Gasteiger partial charge on any atom is 0.142 e. The molecule has 0 saturated carbocycles. The number of aryl methyl sites for hydroxylation is 1. The summed E-state index contributed by atoms with van der Waals surface area (Å²) in [6.45, 7) is 6.25. The number of rotatable bonds is 3. The lowest BCUT2D eigenvalue weighted by atomic mass is 10.4. The molecule has 8 nitrogen and oxygen atoms in total. The summed E-state index contributed by atoms with van der Waals surface area (Å²) >= 11 is 13.0. The summed E-state index contributed by atoms with van der Waals surface area (Å²) in [6, 6.07) is 0. The van der Waals surface area contributed by atoms with Crippen LogP contribution in [-0.4, -0.2) is 61.1 Å². The monoisotopic (exact) mass is 679 g/mol. The van der Waals surface area contributed by atoms with Crippen molar-refractivity contribution >= 4 is 63.7 Å². The minimum atomic E-state index is 0.709. The standard InChI is InChI=1S/C9H12BrN3O.C5H4Br2N2.C5H5BrN2/c10-8-5-11-9(12-6-8)7-13-1-3-14-4-2-13;6-1-5-8-2-4(7)3-9-5;1-4-7-2-5(6)3-8-4/h5-6H,1-4,7H2;2-3H,1H2;2-3H,1H3. The van der Waals surface area contributed by atoms with Gasteiger partial charge < -0.3 is 4.74 Å². The van der Waals surface area contributed by atoms with Crippen molar-refractivity contribution in [3.05, 3.63) is 68.1 Å². The van der Waals surface area contributed by atoms with Gasteiger partial charge in [0.2, 0.25) is 0 Å². The van der Waals surface area contributed by atoms with Crippen molar-refractivity contribution in [1.29, 1.82) is 0 Å². The van der Waals surface area contributed by atoms with Crippen LogP contribution in [0.15, 0.2) is 50.6 Å². The number of aromatic nitrogens is 6. The summed E-state index contributed by atoms with van der Waals surface area (Å²) in [7, 11) is 0. The Labute approximate surface area is 215 Å². The first-order valence-corrected chi connectivity index (χ1v) is 12.7. The van der Waals surface area contributed by atoms with Gasteiger partial charge in [0.15, 0.2) is 0 Å². The first kappa shape index (κ1) is 26.3. The normalized spacial score (nSPS) is 13.5. The number of nitrogens with zero attached hydrogens (tertiary/aromatic N) is 7. The van der Waals surface area contributed by atoms with Gasteiger partial charge in [-0.15, -0.1) is 0 Å². The number of hydrogen-bond donors (Lipinski definition) is 0. The maximum absolute atomic E-state index is 5.27. The average Bonchev–Trinajstić information content (AvgIpc) is 2.80. The smallest absolute Gasteiger partial charge is 0.142 e. The summed E-state index contributed by atoms with van der Waals surface area (Å²) in [5.74, 6) is 2.47. The van der Waals surface area contributed by atoms with E-state index in [1.807, 2.05) is 6.92 Å². The Kier molecular flexibility index (Phi) is 12.8. The molecule has 0 unspecified atom stereocenters. The minimum absolute atomic E-state index is 0.709. The molecular weight excluding hydrogens is 662 g/mol. The Morgan fingerprint density at radius 2 is 1.16 bits per heavy atom. The molecule has 4 rings (SSSR count). The Morgan fingerprint density at radius 3 is 1.58 bits per heavy atom. The summed E-state index contributed by atoms with van der Waals surface area (Å²) in [4.78, 5) is 26.6. The highest BCUT2D eigenvalue weighted by Crippen LogP contribution is 2.07. The van der Waals surface area contributed by atoms with Gasteiger partial charge in [-0.1, -0.05) is 15.9 Å². The highest BCUT2D eigenvalue weighted by atomic mass is 79.9. The van der Waals surface area contributed by atoms with E-state index in [0.29, 0.717) is 5.33 Å². The van der Waals surface area contributed by atoms with E-state index in [0.717, 1.165) is 63.7 Å². The van der Waals surface area contributed by atoms with Crippen LogP contribution in [-0.2, 0) is 16.6 Å². The fraction of sp³-hybridized carbons (Fsp3) is 0.368. The van der Waals surface area contributed by atoms with Crippen LogP contribution in [0.3, 0.4) is 0 Å². The predicted molar refractivity (Wildman–Crippen MR) is 133 cm³/mol. The van der Waals surface area contributed by atoms with E-state index in [1.54, 1.807) is 37.2 Å². The van der Waals surface area contributed by atoms with Crippen LogP contribution in [0.25, 0.3) is 0 Å². The van der Waals surface area contributed by atoms with Gasteiger partial charge >= 0.3 is 0 Å². The van der Waals surface area contributed by atoms with Crippen molar-refractivity contribution in [1.82, 2.24) is 34.8 Å². The third-order valence-electron chi connectivity index (χ3n) is 3.69. The van der Waals surface area contributed by atoms with E-state index in [4.69, 9.17) is 4.74 Å². The molecule has 3 aromatic rings. The molecule has 1 aliphatic heterocycles. The number of morpholine rings is 1. The highest BCUT2D eigenvalue weighted by Gasteiger charge is 2.11. The van der Waals surface area contributed by atoms with Crippen molar-refractivity contribution in [2.24, 2.45) is 0 Å². The lowest BCUT2D eigenvalue weighted by molar-refractivity contribution is 0.0330. The van der Waals surface area contributed by atoms with Crippen LogP contribution in [0, 0.1) is 6.92 Å². The molecule has 1 saturated heterocycles. The fourth-order valence-corrected chi connectivity index (χ4v) is 3.07. The molecule has 1 aliphatic rings. The Morgan fingerprint density at radius 1 is 0.742 bits per heavy atom. The van der Waals surface area contributed by atoms with Gasteiger partial charge in [-0.25, -0.2) is 29.9 Å². The van der Waals surface area contributed by atoms with Gasteiger partial charge in [0.25, 0.3) is 0 Å². The predicted octanol–water partition coefficient (Wildman–Crippen LogP) is 4.75. The van der Waals surface area contributed by atoms with Gasteiger partial charge in [-0.2, -0.15) is 0 Å². The fourth-order valence-electron chi connectivity index (χ4n) is 2.16. The van der Waals surface area contributed by atoms with Crippen molar-refractivity contribution in [2.45, 2.75) is 18.8 Å². The van der Waals surface area contributed by atoms with E-state index in [1.165, 1.54) is 0 Å². The maximum atomic E-state index is 5.27. The van der Waals surface area contributed by atoms with Crippen LogP contribution < -0.4 is 0 Å². The van der Waals surface area contributed by atoms with Gasteiger partial charge in [0.05, 0.1) is 38.5 Å². The van der Waals surface area contributed by atoms with Gasteiger partial charge in [-0.05, 0) is 54.7 Å². The molecule has 166 valence electrons. The molecule has 1 fully saturated rings. The van der Waals surface area contributed by atoms with Crippen LogP contribution in [0.4, 0.5) is 0 Å². The number of ether oxygens (including phenoxy) is 1. The molecular formula is C19H21Br4N7O. The Balaban J connectivity index is 0.000000175. The second-order valence-corrected chi connectivity index (χ2v) is 9.41. The van der Waals surface area contributed by atoms with E-state index in [2.05, 4.69) is 98.5 Å². The number of halogens is 4. The zero-order valence-electron chi connectivity index (χ0n) is 16.8. The van der Waals surface area contributed by atoms with E-state index in [9.17, 15) is 0 Å². The largest absolute Gasteiger partial charge is 0.379 e. The first-order valence-electron chi connectivity index (χ1n) is 9.19. The zero-order chi connectivity index (χ0) is 22.5. The van der Waals surface area contributed by atoms with Gasteiger partial charge in [-0.3, -0.25) is 4.90 Å². The summed E-state index contributed by atoms with van der Waals surface area (Å²) in [5, 5.41) is 0.709. The molecule has 0 aliphatic carbocycles. The molecule has 0 spiro atoms. The Bertz CT molecular complexity index is 856. The van der Waals surface area contributed by atoms with E-state index in [-0.39, 0.29) is 0 Å². The number of alkyl halides is 1. The summed E-state index contributed by atoms with van der Waals surface area (Å²) in [5.41, 5.74) is 0. The molecule has 0 amide bonds. The second kappa shape index (κ2) is 15.0. The summed E-state index contributed by atoms with van der Waals surface area (Å²) < 4.78 is 8.02. The van der Waals surface area contributed by atoms with Crippen LogP contribution in [0.1, 0.15) is 17.5 Å². The average molecular weight is 683 g/mol. The SMILES string of the molecule is BrCc1ncc(Br)cn1.Brc1cnc(CN2CCOCC2)nc1.Cc1ncc(Br)cn1. The van der Waals surface area contributed by atoms with E-state index < -0.39 is 0 Å². The molecule has 31 heavy (non-hydrogen) atoms. The molecule has 0 atom stereocenters. The molecule has 0 radical (unpaired) electrons. The van der Waals surface area contributed by atoms with Crippen molar-refractivity contribution in [2.75, 3.05) is 26.3 Å². The minimum Gasteiger partial charge on any atom is -0.379 e. The zero-order valence-corrected chi connectivity index (χ0v) is 23.1. The first-order chi connectivity index (χ1) is 15.0. The lowest BCUT2D eigenvalue weighted by Crippen LogP contribution is -2.36. The Hall–Kier alpha value is -0.920. The van der Waals surface area contributed by atoms with E-state index >= 15 is 0 Å². The molecule has 4 heterocycles. The second-order valence-electron chi connectivity index (χ2n) is 6.11. The lowest BCUT2D eigenvalue weighted by Gasteiger charge is -2.25. The number of hydrogen-bond acceptors (Lipinski definition) is 8. The quantitative estimate of drug-likeness (QED) is 0.366. The topological polar surface area (TPSA) is 89.8 Å². The van der Waals surface area contributed by atoms with Crippen LogP contribution in [0.5, 0.6) is 0 Å². The van der Waals surface area contributed by atoms with Gasteiger partial charge in [0.1, 0.15) is 17.5 Å². The van der Waals surface area contributed by atoms with Crippen LogP contribution in [0.2, 0.25) is 0 Å². The third kappa shape index (κ3) is 11.5. The molecule has 0 N–H and O–H groups in total.